The van der Waals surface area contributed by atoms with Crippen molar-refractivity contribution in [1.29, 1.82) is 0 Å². The van der Waals surface area contributed by atoms with Gasteiger partial charge in [0.1, 0.15) is 24.4 Å². The Balaban J connectivity index is 2.38. The maximum Gasteiger partial charge on any atom is 0.336 e. The summed E-state index contributed by atoms with van der Waals surface area (Å²) in [6.07, 6.45) is -7.93. The molecule has 0 unspecified atom stereocenters. The van der Waals surface area contributed by atoms with E-state index in [0.717, 1.165) is 6.07 Å². The summed E-state index contributed by atoms with van der Waals surface area (Å²) in [4.78, 5) is 11.2. The van der Waals surface area contributed by atoms with E-state index >= 15 is 0 Å². The molecule has 10 heteroatoms. The van der Waals surface area contributed by atoms with Gasteiger partial charge in [-0.3, -0.25) is 0 Å². The molecule has 0 bridgehead atoms. The van der Waals surface area contributed by atoms with Gasteiger partial charge in [0.05, 0.1) is 12.2 Å². The predicted molar refractivity (Wildman–Crippen MR) is 75.9 cm³/mol. The van der Waals surface area contributed by atoms with Gasteiger partial charge in [-0.15, -0.1) is 0 Å². The summed E-state index contributed by atoms with van der Waals surface area (Å²) in [5, 5.41) is 67.0. The molecule has 0 aliphatic carbocycles. The molecule has 0 spiro atoms. The van der Waals surface area contributed by atoms with Crippen molar-refractivity contribution in [2.45, 2.75) is 37.6 Å². The van der Waals surface area contributed by atoms with Gasteiger partial charge in [0, 0.05) is 5.56 Å². The number of carboxylic acid groups (broad SMARTS) is 1. The molecule has 2 rings (SSSR count). The van der Waals surface area contributed by atoms with Crippen molar-refractivity contribution in [3.05, 3.63) is 17.2 Å². The number of benzene rings is 1. The standard InChI is InChI=1S/C14H18O10/c1-4-5(13(21)22)2-6(16)8(17)12(4)24-14-11(20)10(19)9(18)7(3-15)23-14/h2,7,9-11,14-20H,3H2,1H3,(H,21,22)/t7-,9-,10+,11-,14+/m1/s1. The zero-order valence-corrected chi connectivity index (χ0v) is 12.5. The van der Waals surface area contributed by atoms with Gasteiger partial charge in [0.25, 0.3) is 0 Å². The molecule has 134 valence electrons. The lowest BCUT2D eigenvalue weighted by atomic mass is 9.99. The molecule has 7 N–H and O–H groups in total. The van der Waals surface area contributed by atoms with Gasteiger partial charge >= 0.3 is 5.97 Å². The highest BCUT2D eigenvalue weighted by Gasteiger charge is 2.45. The van der Waals surface area contributed by atoms with E-state index in [1.165, 1.54) is 6.92 Å². The molecule has 1 aliphatic rings. The van der Waals surface area contributed by atoms with Crippen molar-refractivity contribution < 1.29 is 50.0 Å². The first-order valence-corrected chi connectivity index (χ1v) is 6.95. The number of rotatable bonds is 4. The van der Waals surface area contributed by atoms with Gasteiger partial charge < -0.3 is 45.2 Å². The zero-order chi connectivity index (χ0) is 18.2. The Morgan fingerprint density at radius 3 is 2.38 bits per heavy atom. The van der Waals surface area contributed by atoms with Crippen LogP contribution in [0.1, 0.15) is 15.9 Å². The predicted octanol–water partition coefficient (Wildman–Crippen LogP) is -1.72. The summed E-state index contributed by atoms with van der Waals surface area (Å²) in [6.45, 7) is 0.609. The molecule has 0 saturated carbocycles. The Bertz CT molecular complexity index is 628. The van der Waals surface area contributed by atoms with E-state index in [-0.39, 0.29) is 11.1 Å². The van der Waals surface area contributed by atoms with Crippen LogP contribution in [0.15, 0.2) is 6.07 Å². The molecule has 0 radical (unpaired) electrons. The second-order valence-corrected chi connectivity index (χ2v) is 5.37. The van der Waals surface area contributed by atoms with Crippen molar-refractivity contribution in [1.82, 2.24) is 0 Å². The molecule has 1 saturated heterocycles. The molecule has 0 amide bonds. The summed E-state index contributed by atoms with van der Waals surface area (Å²) >= 11 is 0. The van der Waals surface area contributed by atoms with E-state index in [2.05, 4.69) is 0 Å². The number of hydrogen-bond acceptors (Lipinski definition) is 9. The third kappa shape index (κ3) is 3.09. The number of ether oxygens (including phenoxy) is 2. The highest BCUT2D eigenvalue weighted by molar-refractivity contribution is 5.91. The summed E-state index contributed by atoms with van der Waals surface area (Å²) in [7, 11) is 0. The van der Waals surface area contributed by atoms with Crippen LogP contribution in [-0.4, -0.2) is 79.0 Å². The van der Waals surface area contributed by atoms with E-state index in [4.69, 9.17) is 19.7 Å². The lowest BCUT2D eigenvalue weighted by molar-refractivity contribution is -0.277. The lowest BCUT2D eigenvalue weighted by Gasteiger charge is -2.39. The molecule has 1 aliphatic heterocycles. The molecular formula is C14H18O10. The minimum atomic E-state index is -1.75. The number of aliphatic hydroxyl groups excluding tert-OH is 4. The van der Waals surface area contributed by atoms with Crippen LogP contribution in [-0.2, 0) is 4.74 Å². The topological polar surface area (TPSA) is 177 Å². The normalized spacial score (nSPS) is 30.1. The van der Waals surface area contributed by atoms with E-state index in [0.29, 0.717) is 0 Å². The number of phenols is 2. The molecule has 1 aromatic rings. The molecular weight excluding hydrogens is 328 g/mol. The Morgan fingerprint density at radius 1 is 1.21 bits per heavy atom. The highest BCUT2D eigenvalue weighted by Crippen LogP contribution is 2.41. The second kappa shape index (κ2) is 6.79. The van der Waals surface area contributed by atoms with Crippen molar-refractivity contribution in [2.24, 2.45) is 0 Å². The Kier molecular flexibility index (Phi) is 5.16. The summed E-state index contributed by atoms with van der Waals surface area (Å²) in [5.74, 6) is -3.41. The largest absolute Gasteiger partial charge is 0.504 e. The smallest absolute Gasteiger partial charge is 0.336 e. The first kappa shape index (κ1) is 18.2. The number of aromatic hydroxyl groups is 2. The van der Waals surface area contributed by atoms with E-state index in [1.807, 2.05) is 0 Å². The Labute approximate surface area is 135 Å². The maximum atomic E-state index is 11.2. The van der Waals surface area contributed by atoms with Gasteiger partial charge in [-0.25, -0.2) is 4.79 Å². The minimum Gasteiger partial charge on any atom is -0.504 e. The third-order valence-corrected chi connectivity index (χ3v) is 3.80. The van der Waals surface area contributed by atoms with Gasteiger partial charge in [0.2, 0.25) is 12.0 Å². The van der Waals surface area contributed by atoms with E-state index < -0.39 is 60.5 Å². The van der Waals surface area contributed by atoms with Crippen LogP contribution in [0.2, 0.25) is 0 Å². The Hall–Kier alpha value is -2.11. The van der Waals surface area contributed by atoms with Crippen LogP contribution in [0.25, 0.3) is 0 Å². The van der Waals surface area contributed by atoms with Crippen molar-refractivity contribution in [2.75, 3.05) is 6.61 Å². The third-order valence-electron chi connectivity index (χ3n) is 3.80. The second-order valence-electron chi connectivity index (χ2n) is 5.37. The molecule has 10 nitrogen and oxygen atoms in total. The number of carbonyl (C=O) groups is 1. The van der Waals surface area contributed by atoms with Crippen LogP contribution >= 0.6 is 0 Å². The number of aromatic carboxylic acids is 1. The SMILES string of the molecule is Cc1c(C(=O)O)cc(O)c(O)c1O[C@@H]1O[C@H](CO)[C@@H](O)[C@H](O)[C@H]1O. The molecule has 5 atom stereocenters. The first-order chi connectivity index (χ1) is 11.2. The van der Waals surface area contributed by atoms with E-state index in [9.17, 15) is 30.3 Å². The number of carboxylic acids is 1. The van der Waals surface area contributed by atoms with Crippen molar-refractivity contribution >= 4 is 5.97 Å². The van der Waals surface area contributed by atoms with Gasteiger partial charge in [0.15, 0.2) is 11.5 Å². The van der Waals surface area contributed by atoms with Gasteiger partial charge in [-0.05, 0) is 13.0 Å². The summed E-state index contributed by atoms with van der Waals surface area (Å²) < 4.78 is 10.3. The van der Waals surface area contributed by atoms with Gasteiger partial charge in [-0.2, -0.15) is 0 Å². The van der Waals surface area contributed by atoms with Crippen molar-refractivity contribution in [3.8, 4) is 17.2 Å². The monoisotopic (exact) mass is 346 g/mol. The molecule has 1 aromatic carbocycles. The fourth-order valence-electron chi connectivity index (χ4n) is 2.38. The fourth-order valence-corrected chi connectivity index (χ4v) is 2.38. The minimum absolute atomic E-state index is 0.0604. The number of phenolic OH excluding ortho intramolecular Hbond substituents is 2. The zero-order valence-electron chi connectivity index (χ0n) is 12.5. The van der Waals surface area contributed by atoms with Crippen LogP contribution in [0.3, 0.4) is 0 Å². The van der Waals surface area contributed by atoms with Crippen LogP contribution in [0, 0.1) is 6.92 Å². The summed E-state index contributed by atoms with van der Waals surface area (Å²) in [5.41, 5.74) is -0.417. The molecule has 0 aromatic heterocycles. The first-order valence-electron chi connectivity index (χ1n) is 6.95. The molecule has 24 heavy (non-hydrogen) atoms. The maximum absolute atomic E-state index is 11.2. The fraction of sp³-hybridized carbons (Fsp3) is 0.500. The average Bonchev–Trinajstić information content (AvgIpc) is 2.54. The van der Waals surface area contributed by atoms with Crippen LogP contribution in [0.5, 0.6) is 17.2 Å². The van der Waals surface area contributed by atoms with E-state index in [1.54, 1.807) is 0 Å². The molecule has 1 heterocycles. The van der Waals surface area contributed by atoms with Crippen LogP contribution in [0.4, 0.5) is 0 Å². The Morgan fingerprint density at radius 2 is 1.83 bits per heavy atom. The lowest BCUT2D eigenvalue weighted by Crippen LogP contribution is -2.60. The quantitative estimate of drug-likeness (QED) is 0.310. The molecule has 1 fully saturated rings. The summed E-state index contributed by atoms with van der Waals surface area (Å²) in [6, 6.07) is 0.827. The average molecular weight is 346 g/mol. The number of hydrogen-bond donors (Lipinski definition) is 7. The number of aliphatic hydroxyl groups is 4. The van der Waals surface area contributed by atoms with Crippen molar-refractivity contribution in [3.63, 3.8) is 0 Å². The highest BCUT2D eigenvalue weighted by atomic mass is 16.7. The van der Waals surface area contributed by atoms with Gasteiger partial charge in [-0.1, -0.05) is 0 Å². The van der Waals surface area contributed by atoms with Crippen LogP contribution < -0.4 is 4.74 Å².